The third kappa shape index (κ3) is 4.69. The summed E-state index contributed by atoms with van der Waals surface area (Å²) in [6.45, 7) is 18.8. The maximum absolute atomic E-state index is 4.96. The van der Waals surface area contributed by atoms with E-state index in [0.717, 1.165) is 49.5 Å². The molecule has 0 aliphatic carbocycles. The zero-order chi connectivity index (χ0) is 20.6. The normalized spacial score (nSPS) is 12.9. The molecule has 0 N–H and O–H groups in total. The van der Waals surface area contributed by atoms with Crippen LogP contribution in [0.3, 0.4) is 0 Å². The first-order chi connectivity index (χ1) is 13.6. The van der Waals surface area contributed by atoms with E-state index in [2.05, 4.69) is 76.9 Å². The summed E-state index contributed by atoms with van der Waals surface area (Å²) in [6.07, 6.45) is 0. The van der Waals surface area contributed by atoms with Gasteiger partial charge in [-0.25, -0.2) is 19.0 Å². The van der Waals surface area contributed by atoms with Gasteiger partial charge in [0.25, 0.3) is 0 Å². The summed E-state index contributed by atoms with van der Waals surface area (Å²) >= 11 is 1.55. The number of rotatable bonds is 11. The molecule has 0 spiro atoms. The molecule has 28 heavy (non-hydrogen) atoms. The van der Waals surface area contributed by atoms with Crippen LogP contribution in [0.4, 0.5) is 5.13 Å². The minimum absolute atomic E-state index is 0.654. The minimum atomic E-state index is -2.16. The topological polar surface area (TPSA) is 59.7 Å². The predicted octanol–water partition coefficient (Wildman–Crippen LogP) is 6.27. The van der Waals surface area contributed by atoms with E-state index in [1.54, 1.807) is 11.3 Å². The Bertz CT molecular complexity index is 736. The summed E-state index contributed by atoms with van der Waals surface area (Å²) in [5, 5.41) is 9.43. The van der Waals surface area contributed by atoms with Crippen LogP contribution >= 0.6 is 18.8 Å². The minimum Gasteiger partial charge on any atom is -0.245 e. The van der Waals surface area contributed by atoms with E-state index in [9.17, 15) is 0 Å². The predicted molar refractivity (Wildman–Crippen MR) is 122 cm³/mol. The standard InChI is InChI=1S/C19H34N7PS/c1-7-24(8-2)27(25(9-3)10-4,26(11-5)12-6)23-22-21-19-20-17-15-13-14-16-18(17)28-19/h13-16H,7-12H2,1-6H3. The number of fused-ring (bicyclic) bond motifs is 1. The first-order valence-corrected chi connectivity index (χ1v) is 12.7. The van der Waals surface area contributed by atoms with Gasteiger partial charge >= 0.3 is 0 Å². The SMILES string of the molecule is CCN(CC)P(=NN=Nc1nc2ccccc2s1)(N(CC)CC)N(CC)CC. The molecule has 1 aromatic heterocycles. The Kier molecular flexibility index (Phi) is 9.18. The molecule has 0 aliphatic rings. The molecule has 156 valence electrons. The summed E-state index contributed by atoms with van der Waals surface area (Å²) < 4.78 is 8.51. The summed E-state index contributed by atoms with van der Waals surface area (Å²) in [4.78, 5) is 9.52. The number of hydrogen-bond donors (Lipinski definition) is 0. The molecule has 0 bridgehead atoms. The number of para-hydroxylation sites is 1. The van der Waals surface area contributed by atoms with Crippen molar-refractivity contribution < 1.29 is 0 Å². The first-order valence-electron chi connectivity index (χ1n) is 10.2. The Labute approximate surface area is 173 Å². The Morgan fingerprint density at radius 1 is 0.821 bits per heavy atom. The lowest BCUT2D eigenvalue weighted by atomic mass is 10.3. The van der Waals surface area contributed by atoms with Gasteiger partial charge in [-0.3, -0.25) is 0 Å². The summed E-state index contributed by atoms with van der Waals surface area (Å²) in [5.74, 6) is 0. The monoisotopic (exact) mass is 423 g/mol. The second-order valence-corrected chi connectivity index (χ2v) is 10.2. The molecule has 2 rings (SSSR count). The van der Waals surface area contributed by atoms with Crippen molar-refractivity contribution in [3.05, 3.63) is 24.3 Å². The fourth-order valence-corrected chi connectivity index (χ4v) is 8.15. The first kappa shape index (κ1) is 23.1. The van der Waals surface area contributed by atoms with Crippen LogP contribution in [0.2, 0.25) is 0 Å². The van der Waals surface area contributed by atoms with Gasteiger partial charge in [-0.2, -0.15) is 0 Å². The Morgan fingerprint density at radius 2 is 1.32 bits per heavy atom. The molecular formula is C19H34N7PS. The van der Waals surface area contributed by atoms with Gasteiger partial charge in [0.15, 0.2) is 7.51 Å². The van der Waals surface area contributed by atoms with E-state index in [0.29, 0.717) is 5.13 Å². The molecule has 1 aromatic carbocycles. The lowest BCUT2D eigenvalue weighted by molar-refractivity contribution is 0.338. The molecule has 0 aliphatic heterocycles. The summed E-state index contributed by atoms with van der Waals surface area (Å²) in [5.41, 5.74) is 0.957. The fraction of sp³-hybridized carbons (Fsp3) is 0.632. The van der Waals surface area contributed by atoms with E-state index < -0.39 is 7.51 Å². The highest BCUT2D eigenvalue weighted by molar-refractivity contribution is 7.59. The van der Waals surface area contributed by atoms with Gasteiger partial charge in [0.05, 0.1) is 10.2 Å². The highest BCUT2D eigenvalue weighted by Crippen LogP contribution is 2.59. The van der Waals surface area contributed by atoms with Crippen LogP contribution in [0, 0.1) is 0 Å². The molecule has 0 unspecified atom stereocenters. The Hall–Kier alpha value is -1.18. The zero-order valence-corrected chi connectivity index (χ0v) is 19.7. The Balaban J connectivity index is 2.56. The third-order valence-electron chi connectivity index (χ3n) is 4.90. The van der Waals surface area contributed by atoms with Crippen molar-refractivity contribution in [1.82, 2.24) is 19.0 Å². The van der Waals surface area contributed by atoms with Crippen LogP contribution in [0.25, 0.3) is 10.2 Å². The molecule has 0 radical (unpaired) electrons. The van der Waals surface area contributed by atoms with Gasteiger partial charge in [-0.05, 0) is 17.4 Å². The van der Waals surface area contributed by atoms with Crippen molar-refractivity contribution in [3.63, 3.8) is 0 Å². The smallest absolute Gasteiger partial charge is 0.232 e. The third-order valence-corrected chi connectivity index (χ3v) is 10.1. The molecule has 2 aromatic rings. The quantitative estimate of drug-likeness (QED) is 0.243. The van der Waals surface area contributed by atoms with Gasteiger partial charge in [0.1, 0.15) is 0 Å². The lowest BCUT2D eigenvalue weighted by Crippen LogP contribution is -2.41. The highest BCUT2D eigenvalue weighted by atomic mass is 32.1. The van der Waals surface area contributed by atoms with E-state index in [1.807, 2.05) is 18.2 Å². The van der Waals surface area contributed by atoms with E-state index >= 15 is 0 Å². The molecule has 0 saturated heterocycles. The fourth-order valence-electron chi connectivity index (χ4n) is 3.53. The van der Waals surface area contributed by atoms with Crippen molar-refractivity contribution >= 4 is 34.2 Å². The molecule has 0 amide bonds. The molecule has 9 heteroatoms. The number of nitrogens with zero attached hydrogens (tertiary/aromatic N) is 7. The lowest BCUT2D eigenvalue weighted by Gasteiger charge is -2.47. The second kappa shape index (κ2) is 11.1. The van der Waals surface area contributed by atoms with Crippen LogP contribution in [0.15, 0.2) is 39.5 Å². The molecular weight excluding hydrogens is 389 g/mol. The number of aromatic nitrogens is 1. The van der Waals surface area contributed by atoms with Gasteiger partial charge in [0, 0.05) is 39.3 Å². The van der Waals surface area contributed by atoms with Crippen molar-refractivity contribution in [1.29, 1.82) is 0 Å². The molecule has 7 nitrogen and oxygen atoms in total. The second-order valence-electron chi connectivity index (χ2n) is 6.20. The van der Waals surface area contributed by atoms with Crippen LogP contribution in [-0.4, -0.2) is 58.3 Å². The summed E-state index contributed by atoms with van der Waals surface area (Å²) in [6, 6.07) is 8.07. The van der Waals surface area contributed by atoms with Crippen molar-refractivity contribution in [2.75, 3.05) is 39.3 Å². The van der Waals surface area contributed by atoms with Crippen LogP contribution in [0.5, 0.6) is 0 Å². The van der Waals surface area contributed by atoms with E-state index in [-0.39, 0.29) is 0 Å². The molecule has 1 heterocycles. The number of benzene rings is 1. The summed E-state index contributed by atoms with van der Waals surface area (Å²) in [7, 11) is -2.16. The van der Waals surface area contributed by atoms with Gasteiger partial charge < -0.3 is 0 Å². The number of hydrogen-bond acceptors (Lipinski definition) is 3. The van der Waals surface area contributed by atoms with Crippen LogP contribution < -0.4 is 0 Å². The zero-order valence-electron chi connectivity index (χ0n) is 18.0. The van der Waals surface area contributed by atoms with Crippen molar-refractivity contribution in [2.24, 2.45) is 15.2 Å². The van der Waals surface area contributed by atoms with Gasteiger partial charge in [-0.1, -0.05) is 70.1 Å². The Morgan fingerprint density at radius 3 is 1.79 bits per heavy atom. The highest BCUT2D eigenvalue weighted by Gasteiger charge is 2.37. The van der Waals surface area contributed by atoms with Crippen LogP contribution in [-0.2, 0) is 0 Å². The number of thiazole rings is 1. The van der Waals surface area contributed by atoms with Gasteiger partial charge in [0.2, 0.25) is 5.13 Å². The van der Waals surface area contributed by atoms with Gasteiger partial charge in [-0.15, -0.1) is 4.85 Å². The van der Waals surface area contributed by atoms with E-state index in [1.165, 1.54) is 0 Å². The molecule has 0 fully saturated rings. The average molecular weight is 424 g/mol. The maximum atomic E-state index is 4.96. The molecule has 0 atom stereocenters. The van der Waals surface area contributed by atoms with E-state index in [4.69, 9.17) is 4.85 Å². The van der Waals surface area contributed by atoms with Crippen molar-refractivity contribution in [3.8, 4) is 0 Å². The largest absolute Gasteiger partial charge is 0.245 e. The van der Waals surface area contributed by atoms with Crippen molar-refractivity contribution in [2.45, 2.75) is 41.5 Å². The molecule has 0 saturated carbocycles. The maximum Gasteiger partial charge on any atom is 0.232 e. The van der Waals surface area contributed by atoms with Crippen LogP contribution in [0.1, 0.15) is 41.5 Å². The average Bonchev–Trinajstić information content (AvgIpc) is 3.13.